The second-order valence-corrected chi connectivity index (χ2v) is 3.59. The maximum Gasteiger partial charge on any atom is 0.178 e. The van der Waals surface area contributed by atoms with Gasteiger partial charge in [0.15, 0.2) is 5.82 Å². The van der Waals surface area contributed by atoms with E-state index in [9.17, 15) is 0 Å². The van der Waals surface area contributed by atoms with Crippen molar-refractivity contribution in [1.82, 2.24) is 19.9 Å². The molecule has 0 saturated heterocycles. The molecular weight excluding hydrogens is 256 g/mol. The van der Waals surface area contributed by atoms with Crippen LogP contribution in [0.2, 0.25) is 0 Å². The van der Waals surface area contributed by atoms with Crippen LogP contribution in [-0.2, 0) is 5.33 Å². The van der Waals surface area contributed by atoms with Gasteiger partial charge in [0.2, 0.25) is 0 Å². The number of nitrogens with zero attached hydrogens (tertiary/aromatic N) is 4. The molecule has 76 valence electrons. The van der Waals surface area contributed by atoms with Crippen LogP contribution in [0.4, 0.5) is 0 Å². The Morgan fingerprint density at radius 3 is 2.80 bits per heavy atom. The Morgan fingerprint density at radius 2 is 2.20 bits per heavy atom. The fraction of sp³-hybridized carbons (Fsp3) is 0.200. The van der Waals surface area contributed by atoms with Gasteiger partial charge in [0, 0.05) is 29.0 Å². The van der Waals surface area contributed by atoms with Crippen LogP contribution in [0.1, 0.15) is 11.3 Å². The Labute approximate surface area is 96.0 Å². The minimum atomic E-state index is 0.639. The molecule has 0 amide bonds. The van der Waals surface area contributed by atoms with Crippen molar-refractivity contribution in [2.24, 2.45) is 0 Å². The summed E-state index contributed by atoms with van der Waals surface area (Å²) in [5.41, 5.74) is 2.80. The van der Waals surface area contributed by atoms with Crippen LogP contribution in [0.15, 0.2) is 24.8 Å². The standard InChI is InChI=1S/C10H9BrN4/c1-7-8(4-11)5-13-10(15-7)9-2-3-12-6-14-9/h2-3,5-6H,4H2,1H3. The van der Waals surface area contributed by atoms with Gasteiger partial charge in [-0.15, -0.1) is 0 Å². The summed E-state index contributed by atoms with van der Waals surface area (Å²) < 4.78 is 0. The van der Waals surface area contributed by atoms with E-state index in [4.69, 9.17) is 0 Å². The van der Waals surface area contributed by atoms with Gasteiger partial charge in [0.1, 0.15) is 12.0 Å². The largest absolute Gasteiger partial charge is 0.245 e. The lowest BCUT2D eigenvalue weighted by molar-refractivity contribution is 1.04. The predicted octanol–water partition coefficient (Wildman–Crippen LogP) is 2.14. The van der Waals surface area contributed by atoms with E-state index in [0.29, 0.717) is 5.82 Å². The van der Waals surface area contributed by atoms with Crippen molar-refractivity contribution in [3.63, 3.8) is 0 Å². The number of aromatic nitrogens is 4. The van der Waals surface area contributed by atoms with Gasteiger partial charge in [-0.3, -0.25) is 0 Å². The number of aryl methyl sites for hydroxylation is 1. The normalized spacial score (nSPS) is 10.3. The van der Waals surface area contributed by atoms with Crippen molar-refractivity contribution >= 4 is 15.9 Å². The lowest BCUT2D eigenvalue weighted by Crippen LogP contribution is -1.97. The minimum Gasteiger partial charge on any atom is -0.245 e. The summed E-state index contributed by atoms with van der Waals surface area (Å²) in [6.45, 7) is 1.96. The van der Waals surface area contributed by atoms with E-state index in [0.717, 1.165) is 22.3 Å². The van der Waals surface area contributed by atoms with Crippen molar-refractivity contribution in [3.8, 4) is 11.5 Å². The minimum absolute atomic E-state index is 0.639. The molecule has 0 aromatic carbocycles. The first-order chi connectivity index (χ1) is 7.31. The quantitative estimate of drug-likeness (QED) is 0.780. The van der Waals surface area contributed by atoms with E-state index in [-0.39, 0.29) is 0 Å². The molecule has 0 aliphatic carbocycles. The molecule has 2 rings (SSSR count). The maximum absolute atomic E-state index is 4.38. The molecule has 0 fully saturated rings. The first-order valence-corrected chi connectivity index (χ1v) is 5.58. The highest BCUT2D eigenvalue weighted by Crippen LogP contribution is 2.14. The average molecular weight is 265 g/mol. The van der Waals surface area contributed by atoms with Crippen molar-refractivity contribution in [2.45, 2.75) is 12.3 Å². The van der Waals surface area contributed by atoms with E-state index in [1.807, 2.05) is 13.1 Å². The van der Waals surface area contributed by atoms with Gasteiger partial charge in [-0.05, 0) is 13.0 Å². The highest BCUT2D eigenvalue weighted by atomic mass is 79.9. The van der Waals surface area contributed by atoms with Gasteiger partial charge < -0.3 is 0 Å². The average Bonchev–Trinajstić information content (AvgIpc) is 2.30. The molecule has 0 atom stereocenters. The van der Waals surface area contributed by atoms with Crippen LogP contribution in [0.5, 0.6) is 0 Å². The lowest BCUT2D eigenvalue weighted by Gasteiger charge is -2.03. The molecule has 0 unspecified atom stereocenters. The number of hydrogen-bond donors (Lipinski definition) is 0. The third-order valence-electron chi connectivity index (χ3n) is 2.04. The Kier molecular flexibility index (Phi) is 3.01. The number of hydrogen-bond acceptors (Lipinski definition) is 4. The van der Waals surface area contributed by atoms with Crippen molar-refractivity contribution < 1.29 is 0 Å². The molecule has 2 heterocycles. The molecular formula is C10H9BrN4. The third-order valence-corrected chi connectivity index (χ3v) is 2.64. The monoisotopic (exact) mass is 264 g/mol. The fourth-order valence-electron chi connectivity index (χ4n) is 1.17. The highest BCUT2D eigenvalue weighted by Gasteiger charge is 2.04. The molecule has 15 heavy (non-hydrogen) atoms. The Hall–Kier alpha value is -1.36. The van der Waals surface area contributed by atoms with Gasteiger partial charge in [-0.25, -0.2) is 19.9 Å². The van der Waals surface area contributed by atoms with Crippen molar-refractivity contribution in [3.05, 3.63) is 36.0 Å². The molecule has 2 aromatic rings. The zero-order chi connectivity index (χ0) is 10.7. The number of alkyl halides is 1. The van der Waals surface area contributed by atoms with Crippen molar-refractivity contribution in [2.75, 3.05) is 0 Å². The first kappa shape index (κ1) is 10.2. The molecule has 2 aromatic heterocycles. The zero-order valence-corrected chi connectivity index (χ0v) is 9.77. The Bertz CT molecular complexity index is 458. The Morgan fingerprint density at radius 1 is 1.33 bits per heavy atom. The van der Waals surface area contributed by atoms with Crippen LogP contribution >= 0.6 is 15.9 Å². The lowest BCUT2D eigenvalue weighted by atomic mass is 10.2. The number of halogens is 1. The summed E-state index contributed by atoms with van der Waals surface area (Å²) in [5.74, 6) is 0.639. The zero-order valence-electron chi connectivity index (χ0n) is 8.18. The van der Waals surface area contributed by atoms with Crippen LogP contribution in [0, 0.1) is 6.92 Å². The van der Waals surface area contributed by atoms with E-state index < -0.39 is 0 Å². The molecule has 5 heteroatoms. The van der Waals surface area contributed by atoms with Crippen molar-refractivity contribution in [1.29, 1.82) is 0 Å². The summed E-state index contributed by atoms with van der Waals surface area (Å²) >= 11 is 3.38. The SMILES string of the molecule is Cc1nc(-c2ccncn2)ncc1CBr. The van der Waals surface area contributed by atoms with Gasteiger partial charge >= 0.3 is 0 Å². The smallest absolute Gasteiger partial charge is 0.178 e. The van der Waals surface area contributed by atoms with E-state index >= 15 is 0 Å². The molecule has 0 N–H and O–H groups in total. The summed E-state index contributed by atoms with van der Waals surface area (Å²) in [6, 6.07) is 1.79. The molecule has 4 nitrogen and oxygen atoms in total. The van der Waals surface area contributed by atoms with Crippen LogP contribution in [-0.4, -0.2) is 19.9 Å². The Balaban J connectivity index is 2.43. The van der Waals surface area contributed by atoms with Crippen LogP contribution in [0.25, 0.3) is 11.5 Å². The predicted molar refractivity (Wildman–Crippen MR) is 60.4 cm³/mol. The van der Waals surface area contributed by atoms with Crippen LogP contribution in [0.3, 0.4) is 0 Å². The van der Waals surface area contributed by atoms with E-state index in [2.05, 4.69) is 35.9 Å². The fourth-order valence-corrected chi connectivity index (χ4v) is 1.72. The summed E-state index contributed by atoms with van der Waals surface area (Å²) in [5, 5.41) is 0.767. The summed E-state index contributed by atoms with van der Waals surface area (Å²) in [7, 11) is 0. The second kappa shape index (κ2) is 4.44. The van der Waals surface area contributed by atoms with E-state index in [1.54, 1.807) is 12.3 Å². The third kappa shape index (κ3) is 2.18. The summed E-state index contributed by atoms with van der Waals surface area (Å²) in [6.07, 6.45) is 4.99. The van der Waals surface area contributed by atoms with Gasteiger partial charge in [0.25, 0.3) is 0 Å². The van der Waals surface area contributed by atoms with Gasteiger partial charge in [-0.1, -0.05) is 15.9 Å². The van der Waals surface area contributed by atoms with Crippen LogP contribution < -0.4 is 0 Å². The second-order valence-electron chi connectivity index (χ2n) is 3.03. The molecule has 0 aliphatic heterocycles. The summed E-state index contributed by atoms with van der Waals surface area (Å²) in [4.78, 5) is 16.6. The molecule has 0 aliphatic rings. The number of rotatable bonds is 2. The molecule has 0 spiro atoms. The molecule has 0 bridgehead atoms. The van der Waals surface area contributed by atoms with E-state index in [1.165, 1.54) is 6.33 Å². The maximum atomic E-state index is 4.38. The highest BCUT2D eigenvalue weighted by molar-refractivity contribution is 9.08. The topological polar surface area (TPSA) is 51.6 Å². The first-order valence-electron chi connectivity index (χ1n) is 4.46. The van der Waals surface area contributed by atoms with Gasteiger partial charge in [-0.2, -0.15) is 0 Å². The molecule has 0 saturated carbocycles. The molecule has 0 radical (unpaired) electrons. The van der Waals surface area contributed by atoms with Gasteiger partial charge in [0.05, 0.1) is 0 Å².